The molecule has 4 saturated carbocycles. The van der Waals surface area contributed by atoms with E-state index in [9.17, 15) is 35.7 Å². The maximum atomic E-state index is 11.7. The summed E-state index contributed by atoms with van der Waals surface area (Å²) in [6.45, 7) is 9.72. The smallest absolute Gasteiger partial charge is 0.187 e. The van der Waals surface area contributed by atoms with Gasteiger partial charge in [-0.25, -0.2) is 0 Å². The van der Waals surface area contributed by atoms with Crippen LogP contribution in [0, 0.1) is 52.3 Å². The zero-order chi connectivity index (χ0) is 36.2. The molecule has 0 aromatic rings. The Morgan fingerprint density at radius 1 is 0.725 bits per heavy atom. The minimum Gasteiger partial charge on any atom is -0.390 e. The molecule has 0 aromatic heterocycles. The molecule has 4 heterocycles. The van der Waals surface area contributed by atoms with E-state index in [1.165, 1.54) is 0 Å². The van der Waals surface area contributed by atoms with Gasteiger partial charge in [0, 0.05) is 12.3 Å². The number of fused-ring (bicyclic) bond motifs is 7. The Hall–Kier alpha value is -0.520. The molecule has 51 heavy (non-hydrogen) atoms. The summed E-state index contributed by atoms with van der Waals surface area (Å²) in [7, 11) is 0. The molecule has 13 nitrogen and oxygen atoms in total. The average Bonchev–Trinajstić information content (AvgIpc) is 3.54. The molecule has 13 heteroatoms. The average molecular weight is 727 g/mol. The van der Waals surface area contributed by atoms with Gasteiger partial charge in [-0.15, -0.1) is 0 Å². The van der Waals surface area contributed by atoms with Gasteiger partial charge in [-0.1, -0.05) is 27.7 Å². The van der Waals surface area contributed by atoms with Crippen LogP contribution < -0.4 is 0 Å². The first-order chi connectivity index (χ1) is 24.2. The van der Waals surface area contributed by atoms with Crippen LogP contribution in [0.15, 0.2) is 0 Å². The Kier molecular flexibility index (Phi) is 9.97. The van der Waals surface area contributed by atoms with Gasteiger partial charge in [0.25, 0.3) is 0 Å². The van der Waals surface area contributed by atoms with E-state index in [0.717, 1.165) is 51.6 Å². The first-order valence-electron chi connectivity index (χ1n) is 19.8. The molecule has 8 fully saturated rings. The van der Waals surface area contributed by atoms with E-state index in [2.05, 4.69) is 27.7 Å². The minimum atomic E-state index is -1.61. The summed E-state index contributed by atoms with van der Waals surface area (Å²) in [4.78, 5) is 0. The zero-order valence-corrected chi connectivity index (χ0v) is 30.5. The van der Waals surface area contributed by atoms with E-state index in [4.69, 9.17) is 28.4 Å². The second-order valence-corrected chi connectivity index (χ2v) is 18.5. The van der Waals surface area contributed by atoms with Crippen LogP contribution in [0.25, 0.3) is 0 Å². The van der Waals surface area contributed by atoms with E-state index < -0.39 is 73.3 Å². The molecule has 0 amide bonds. The van der Waals surface area contributed by atoms with Gasteiger partial charge in [-0.3, -0.25) is 0 Å². The molecule has 1 spiro atoms. The normalized spacial score (nSPS) is 59.9. The van der Waals surface area contributed by atoms with Gasteiger partial charge >= 0.3 is 0 Å². The number of ether oxygens (including phenoxy) is 6. The largest absolute Gasteiger partial charge is 0.390 e. The van der Waals surface area contributed by atoms with Crippen LogP contribution in [0.5, 0.6) is 0 Å². The van der Waals surface area contributed by atoms with Crippen molar-refractivity contribution in [3.8, 4) is 0 Å². The van der Waals surface area contributed by atoms with Crippen molar-refractivity contribution in [3.05, 3.63) is 0 Å². The van der Waals surface area contributed by atoms with Gasteiger partial charge in [-0.2, -0.15) is 0 Å². The molecule has 0 bridgehead atoms. The van der Waals surface area contributed by atoms with Crippen LogP contribution in [0.4, 0.5) is 0 Å². The predicted molar refractivity (Wildman–Crippen MR) is 178 cm³/mol. The number of hydrogen-bond acceptors (Lipinski definition) is 13. The summed E-state index contributed by atoms with van der Waals surface area (Å²) in [5.74, 6) is 3.01. The van der Waals surface area contributed by atoms with E-state index in [-0.39, 0.29) is 30.1 Å². The fourth-order valence-electron chi connectivity index (χ4n) is 12.9. The van der Waals surface area contributed by atoms with Gasteiger partial charge in [0.1, 0.15) is 42.7 Å². The van der Waals surface area contributed by atoms with Crippen molar-refractivity contribution in [1.29, 1.82) is 0 Å². The van der Waals surface area contributed by atoms with Gasteiger partial charge in [0.2, 0.25) is 0 Å². The zero-order valence-electron chi connectivity index (χ0n) is 30.5. The summed E-state index contributed by atoms with van der Waals surface area (Å²) in [6.07, 6.45) is -5.09. The molecule has 4 aliphatic heterocycles. The number of hydrogen-bond donors (Lipinski definition) is 7. The van der Waals surface area contributed by atoms with Crippen molar-refractivity contribution < 1.29 is 64.2 Å². The molecule has 4 aliphatic carbocycles. The third kappa shape index (κ3) is 5.99. The Bertz CT molecular complexity index is 1250. The van der Waals surface area contributed by atoms with Crippen molar-refractivity contribution >= 4 is 0 Å². The standard InChI is InChI=1S/C38H62O13/c1-17-7-10-38(48-14-17)18(2)28-26(51-38)12-22-20-6-5-19-11-25(23(39)13-37(19,4)21(20)8-9-36(22,28)3)49-35-33(45)31(43)30(42)27(50-35)16-47-34-32(44)29(41)24(40)15-46-34/h17-35,39-45H,5-16H2,1-4H3/t17-,18+,19+,20-,21+,22+,23-,24-,25-,26+,27-,28+,29+,30-,31+,32-,33-,34+,35-,36+,37+,38-/m1/s1. The number of aliphatic hydroxyl groups excluding tert-OH is 7. The van der Waals surface area contributed by atoms with Crippen molar-refractivity contribution in [1.82, 2.24) is 0 Å². The van der Waals surface area contributed by atoms with Gasteiger partial charge in [0.05, 0.1) is 38.1 Å². The van der Waals surface area contributed by atoms with Crippen LogP contribution in [0.3, 0.4) is 0 Å². The molecule has 0 aromatic carbocycles. The third-order valence-electron chi connectivity index (χ3n) is 15.8. The quantitative estimate of drug-likeness (QED) is 0.199. The van der Waals surface area contributed by atoms with Crippen LogP contribution >= 0.6 is 0 Å². The summed E-state index contributed by atoms with van der Waals surface area (Å²) < 4.78 is 36.5. The Morgan fingerprint density at radius 3 is 2.24 bits per heavy atom. The monoisotopic (exact) mass is 726 g/mol. The van der Waals surface area contributed by atoms with Crippen molar-refractivity contribution in [2.24, 2.45) is 52.3 Å². The second kappa shape index (κ2) is 13.6. The fraction of sp³-hybridized carbons (Fsp3) is 1.00. The Balaban J connectivity index is 0.909. The second-order valence-electron chi connectivity index (χ2n) is 18.5. The van der Waals surface area contributed by atoms with E-state index >= 15 is 0 Å². The van der Waals surface area contributed by atoms with Crippen molar-refractivity contribution in [3.63, 3.8) is 0 Å². The minimum absolute atomic E-state index is 0.0609. The highest BCUT2D eigenvalue weighted by Gasteiger charge is 2.69. The van der Waals surface area contributed by atoms with Crippen LogP contribution in [-0.2, 0) is 28.4 Å². The summed E-state index contributed by atoms with van der Waals surface area (Å²) in [5.41, 5.74) is 0.153. The van der Waals surface area contributed by atoms with E-state index in [0.29, 0.717) is 54.3 Å². The maximum Gasteiger partial charge on any atom is 0.187 e. The highest BCUT2D eigenvalue weighted by Crippen LogP contribution is 2.71. The lowest BCUT2D eigenvalue weighted by Crippen LogP contribution is -2.62. The molecule has 7 N–H and O–H groups in total. The number of aliphatic hydroxyl groups is 7. The van der Waals surface area contributed by atoms with E-state index in [1.54, 1.807) is 0 Å². The van der Waals surface area contributed by atoms with Gasteiger partial charge < -0.3 is 64.2 Å². The van der Waals surface area contributed by atoms with Gasteiger partial charge in [0.15, 0.2) is 18.4 Å². The highest BCUT2D eigenvalue weighted by atomic mass is 16.7. The molecular weight excluding hydrogens is 664 g/mol. The summed E-state index contributed by atoms with van der Waals surface area (Å²) in [5, 5.41) is 73.8. The lowest BCUT2D eigenvalue weighted by Gasteiger charge is -2.62. The number of rotatable bonds is 5. The molecule has 22 atom stereocenters. The SMILES string of the molecule is C[C@@H]1CC[C@@]2(OC1)O[C@H]1C[C@H]3[C@@H]4CC[C@H]5C[C@@H](O[C@@H]6O[C@H](CO[C@@H]7OC[C@@H](O)[C@H](O)[C@H]7O)[C@@H](O)[C@H](O)[C@H]6O)[C@H](O)C[C@]5(C)[C@H]4CC[C@]3(C)[C@H]1[C@@H]2C. The van der Waals surface area contributed by atoms with Crippen LogP contribution in [-0.4, -0.2) is 135 Å². The van der Waals surface area contributed by atoms with Crippen molar-refractivity contribution in [2.45, 2.75) is 165 Å². The van der Waals surface area contributed by atoms with Gasteiger partial charge in [-0.05, 0) is 97.7 Å². The molecular formula is C38H62O13. The maximum absolute atomic E-state index is 11.7. The summed E-state index contributed by atoms with van der Waals surface area (Å²) >= 11 is 0. The lowest BCUT2D eigenvalue weighted by molar-refractivity contribution is -0.336. The Morgan fingerprint density at radius 2 is 1.49 bits per heavy atom. The van der Waals surface area contributed by atoms with Crippen LogP contribution in [0.2, 0.25) is 0 Å². The molecule has 292 valence electrons. The molecule has 0 radical (unpaired) electrons. The molecule has 0 unspecified atom stereocenters. The lowest BCUT2D eigenvalue weighted by atomic mass is 9.44. The van der Waals surface area contributed by atoms with Crippen molar-refractivity contribution in [2.75, 3.05) is 19.8 Å². The highest BCUT2D eigenvalue weighted by molar-refractivity contribution is 5.16. The molecule has 8 rings (SSSR count). The molecule has 4 saturated heterocycles. The van der Waals surface area contributed by atoms with E-state index in [1.807, 2.05) is 0 Å². The third-order valence-corrected chi connectivity index (χ3v) is 15.8. The Labute approximate surface area is 300 Å². The topological polar surface area (TPSA) is 197 Å². The predicted octanol–water partition coefficient (Wildman–Crippen LogP) is 1.05. The fourth-order valence-corrected chi connectivity index (χ4v) is 12.9. The first kappa shape index (κ1) is 37.4. The molecule has 8 aliphatic rings. The van der Waals surface area contributed by atoms with Crippen LogP contribution in [0.1, 0.15) is 85.5 Å². The summed E-state index contributed by atoms with van der Waals surface area (Å²) in [6, 6.07) is 0. The first-order valence-corrected chi connectivity index (χ1v) is 19.8.